The van der Waals surface area contributed by atoms with Crippen molar-refractivity contribution in [3.63, 3.8) is 0 Å². The van der Waals surface area contributed by atoms with Gasteiger partial charge in [-0.15, -0.1) is 22.7 Å². The molecule has 1 amide bonds. The van der Waals surface area contributed by atoms with Crippen LogP contribution >= 0.6 is 22.7 Å². The third-order valence-electron chi connectivity index (χ3n) is 4.18. The number of hydrogen-bond donors (Lipinski definition) is 1. The second-order valence-electron chi connectivity index (χ2n) is 6.15. The Morgan fingerprint density at radius 3 is 2.70 bits per heavy atom. The van der Waals surface area contributed by atoms with Gasteiger partial charge in [0.25, 0.3) is 5.91 Å². The highest BCUT2D eigenvalue weighted by atomic mass is 32.1. The van der Waals surface area contributed by atoms with Crippen LogP contribution in [0.2, 0.25) is 0 Å². The molecule has 1 aliphatic rings. The molecular formula is C18H19N5O2S2. The van der Waals surface area contributed by atoms with Gasteiger partial charge in [0.1, 0.15) is 5.82 Å². The van der Waals surface area contributed by atoms with Crippen LogP contribution < -0.4 is 5.32 Å². The number of carbonyl (C=O) groups is 1. The minimum atomic E-state index is -0.00933. The number of nitrogens with one attached hydrogen (secondary N) is 1. The summed E-state index contributed by atoms with van der Waals surface area (Å²) in [6.07, 6.45) is 1.60. The highest BCUT2D eigenvalue weighted by Gasteiger charge is 2.19. The van der Waals surface area contributed by atoms with Gasteiger partial charge in [0.15, 0.2) is 5.13 Å². The Hall–Kier alpha value is -2.36. The van der Waals surface area contributed by atoms with E-state index in [1.165, 1.54) is 11.3 Å². The number of aromatic nitrogens is 3. The smallest absolute Gasteiger partial charge is 0.255 e. The molecule has 7 nitrogen and oxygen atoms in total. The molecule has 0 unspecified atom stereocenters. The van der Waals surface area contributed by atoms with Crippen molar-refractivity contribution in [2.24, 2.45) is 0 Å². The van der Waals surface area contributed by atoms with Crippen LogP contribution in [0.1, 0.15) is 21.1 Å². The Balaban J connectivity index is 1.44. The van der Waals surface area contributed by atoms with Crippen molar-refractivity contribution in [3.05, 3.63) is 40.0 Å². The monoisotopic (exact) mass is 401 g/mol. The van der Waals surface area contributed by atoms with Crippen LogP contribution in [0, 0.1) is 13.8 Å². The SMILES string of the molecule is Cc1nc(C)c(-c2csc(Nc3ccc(C(=O)N4CCOCC4)cn3)n2)s1. The first-order valence-corrected chi connectivity index (χ1v) is 10.3. The second kappa shape index (κ2) is 7.71. The number of anilines is 2. The van der Waals surface area contributed by atoms with Crippen molar-refractivity contribution in [1.29, 1.82) is 0 Å². The van der Waals surface area contributed by atoms with E-state index in [4.69, 9.17) is 4.74 Å². The molecule has 0 radical (unpaired) electrons. The molecule has 3 aromatic rings. The maximum atomic E-state index is 12.5. The average Bonchev–Trinajstić information content (AvgIpc) is 3.28. The predicted octanol–water partition coefficient (Wildman–Crippen LogP) is 3.49. The quantitative estimate of drug-likeness (QED) is 0.721. The van der Waals surface area contributed by atoms with Gasteiger partial charge in [-0.2, -0.15) is 0 Å². The summed E-state index contributed by atoms with van der Waals surface area (Å²) in [4.78, 5) is 28.8. The first-order valence-electron chi connectivity index (χ1n) is 8.60. The van der Waals surface area contributed by atoms with E-state index < -0.39 is 0 Å². The molecule has 1 N–H and O–H groups in total. The molecule has 0 bridgehead atoms. The number of rotatable bonds is 4. The number of ether oxygens (including phenoxy) is 1. The molecule has 9 heteroatoms. The van der Waals surface area contributed by atoms with Crippen LogP contribution in [0.15, 0.2) is 23.7 Å². The lowest BCUT2D eigenvalue weighted by atomic mass is 10.2. The molecule has 1 fully saturated rings. The first kappa shape index (κ1) is 18.0. The fraction of sp³-hybridized carbons (Fsp3) is 0.333. The van der Waals surface area contributed by atoms with E-state index >= 15 is 0 Å². The van der Waals surface area contributed by atoms with Gasteiger partial charge in [-0.3, -0.25) is 4.79 Å². The summed E-state index contributed by atoms with van der Waals surface area (Å²) in [7, 11) is 0. The summed E-state index contributed by atoms with van der Waals surface area (Å²) in [5, 5.41) is 7.01. The molecule has 1 saturated heterocycles. The van der Waals surface area contributed by atoms with Gasteiger partial charge >= 0.3 is 0 Å². The van der Waals surface area contributed by atoms with Crippen molar-refractivity contribution in [3.8, 4) is 10.6 Å². The standard InChI is InChI=1S/C18H19N5O2S2/c1-11-16(27-12(2)20-11)14-10-26-18(21-14)22-15-4-3-13(9-19-15)17(24)23-5-7-25-8-6-23/h3-4,9-10H,5-8H2,1-2H3,(H,19,21,22). The van der Waals surface area contributed by atoms with Gasteiger partial charge in [0.05, 0.1) is 40.0 Å². The average molecular weight is 402 g/mol. The Morgan fingerprint density at radius 1 is 1.22 bits per heavy atom. The fourth-order valence-electron chi connectivity index (χ4n) is 2.86. The number of pyridine rings is 1. The molecule has 0 saturated carbocycles. The molecule has 4 rings (SSSR count). The van der Waals surface area contributed by atoms with E-state index in [2.05, 4.69) is 20.3 Å². The zero-order valence-electron chi connectivity index (χ0n) is 15.1. The maximum Gasteiger partial charge on any atom is 0.255 e. The van der Waals surface area contributed by atoms with Gasteiger partial charge in [0, 0.05) is 24.7 Å². The molecule has 1 aliphatic heterocycles. The number of morpholine rings is 1. The normalized spacial score (nSPS) is 14.4. The van der Waals surface area contributed by atoms with Crippen LogP contribution in [0.4, 0.5) is 10.9 Å². The Bertz CT molecular complexity index is 945. The lowest BCUT2D eigenvalue weighted by molar-refractivity contribution is 0.0302. The second-order valence-corrected chi connectivity index (χ2v) is 8.21. The number of nitrogens with zero attached hydrogens (tertiary/aromatic N) is 4. The summed E-state index contributed by atoms with van der Waals surface area (Å²) in [5.74, 6) is 0.650. The Labute approximate surface area is 165 Å². The topological polar surface area (TPSA) is 80.2 Å². The van der Waals surface area contributed by atoms with Gasteiger partial charge in [-0.05, 0) is 26.0 Å². The molecule has 4 heterocycles. The van der Waals surface area contributed by atoms with Crippen LogP contribution in [0.25, 0.3) is 10.6 Å². The molecule has 27 heavy (non-hydrogen) atoms. The minimum absolute atomic E-state index is 0.00933. The van der Waals surface area contributed by atoms with Crippen LogP contribution in [0.5, 0.6) is 0 Å². The van der Waals surface area contributed by atoms with Crippen molar-refractivity contribution >= 4 is 39.5 Å². The number of thiazole rings is 2. The molecule has 0 aromatic carbocycles. The lowest BCUT2D eigenvalue weighted by Gasteiger charge is -2.26. The van der Waals surface area contributed by atoms with Crippen LogP contribution in [-0.2, 0) is 4.74 Å². The zero-order chi connectivity index (χ0) is 18.8. The van der Waals surface area contributed by atoms with Crippen molar-refractivity contribution in [2.75, 3.05) is 31.6 Å². The summed E-state index contributed by atoms with van der Waals surface area (Å²) in [5.41, 5.74) is 2.50. The van der Waals surface area contributed by atoms with Crippen LogP contribution in [-0.4, -0.2) is 52.1 Å². The summed E-state index contributed by atoms with van der Waals surface area (Å²) in [6, 6.07) is 3.59. The molecule has 3 aromatic heterocycles. The molecule has 140 valence electrons. The van der Waals surface area contributed by atoms with Gasteiger partial charge in [-0.1, -0.05) is 0 Å². The first-order chi connectivity index (χ1) is 13.1. The predicted molar refractivity (Wildman–Crippen MR) is 107 cm³/mol. The van der Waals surface area contributed by atoms with Gasteiger partial charge < -0.3 is 15.0 Å². The third-order valence-corrected chi connectivity index (χ3v) is 6.04. The molecule has 0 aliphatic carbocycles. The van der Waals surface area contributed by atoms with E-state index in [-0.39, 0.29) is 5.91 Å². The number of amides is 1. The number of aryl methyl sites for hydroxylation is 2. The molecular weight excluding hydrogens is 382 g/mol. The third kappa shape index (κ3) is 4.00. The lowest BCUT2D eigenvalue weighted by Crippen LogP contribution is -2.40. The zero-order valence-corrected chi connectivity index (χ0v) is 16.7. The van der Waals surface area contributed by atoms with Crippen molar-refractivity contribution in [2.45, 2.75) is 13.8 Å². The minimum Gasteiger partial charge on any atom is -0.378 e. The largest absolute Gasteiger partial charge is 0.378 e. The maximum absolute atomic E-state index is 12.5. The van der Waals surface area contributed by atoms with E-state index in [1.54, 1.807) is 34.6 Å². The van der Waals surface area contributed by atoms with E-state index in [1.807, 2.05) is 19.2 Å². The van der Waals surface area contributed by atoms with Gasteiger partial charge in [-0.25, -0.2) is 15.0 Å². The van der Waals surface area contributed by atoms with Gasteiger partial charge in [0.2, 0.25) is 0 Å². The Morgan fingerprint density at radius 2 is 2.04 bits per heavy atom. The van der Waals surface area contributed by atoms with E-state index in [0.717, 1.165) is 26.4 Å². The summed E-state index contributed by atoms with van der Waals surface area (Å²) in [6.45, 7) is 6.41. The van der Waals surface area contributed by atoms with Crippen LogP contribution in [0.3, 0.4) is 0 Å². The van der Waals surface area contributed by atoms with E-state index in [9.17, 15) is 4.79 Å². The molecule has 0 spiro atoms. The highest BCUT2D eigenvalue weighted by Crippen LogP contribution is 2.32. The van der Waals surface area contributed by atoms with Crippen molar-refractivity contribution < 1.29 is 9.53 Å². The summed E-state index contributed by atoms with van der Waals surface area (Å²) < 4.78 is 5.29. The molecule has 0 atom stereocenters. The Kier molecular flexibility index (Phi) is 5.15. The fourth-order valence-corrected chi connectivity index (χ4v) is 4.52. The van der Waals surface area contributed by atoms with Crippen molar-refractivity contribution in [1.82, 2.24) is 19.9 Å². The summed E-state index contributed by atoms with van der Waals surface area (Å²) >= 11 is 3.16. The van der Waals surface area contributed by atoms with E-state index in [0.29, 0.717) is 37.7 Å². The number of carbonyl (C=O) groups excluding carboxylic acids is 1. The number of hydrogen-bond acceptors (Lipinski definition) is 8. The highest BCUT2D eigenvalue weighted by molar-refractivity contribution is 7.16.